The Hall–Kier alpha value is -0.0800. The van der Waals surface area contributed by atoms with Gasteiger partial charge in [0.2, 0.25) is 0 Å². The molecule has 0 aromatic rings. The molecule has 2 N–H and O–H groups in total. The molecule has 3 unspecified atom stereocenters. The quantitative estimate of drug-likeness (QED) is 0.775. The lowest BCUT2D eigenvalue weighted by atomic mass is 9.69. The van der Waals surface area contributed by atoms with Gasteiger partial charge in [0.1, 0.15) is 0 Å². The second kappa shape index (κ2) is 4.79. The Kier molecular flexibility index (Phi) is 3.81. The zero-order chi connectivity index (χ0) is 13.6. The highest BCUT2D eigenvalue weighted by atomic mass is 15.3. The summed E-state index contributed by atoms with van der Waals surface area (Å²) in [4.78, 5) is 2.72. The summed E-state index contributed by atoms with van der Waals surface area (Å²) >= 11 is 0. The summed E-state index contributed by atoms with van der Waals surface area (Å²) < 4.78 is 0. The Labute approximate surface area is 113 Å². The van der Waals surface area contributed by atoms with Crippen LogP contribution in [0.15, 0.2) is 0 Å². The van der Waals surface area contributed by atoms with E-state index in [9.17, 15) is 0 Å². The van der Waals surface area contributed by atoms with E-state index in [2.05, 4.69) is 39.5 Å². The summed E-state index contributed by atoms with van der Waals surface area (Å²) in [5.74, 6) is 0.832. The predicted molar refractivity (Wildman–Crippen MR) is 78.6 cm³/mol. The van der Waals surface area contributed by atoms with Crippen LogP contribution in [0.25, 0.3) is 0 Å². The summed E-state index contributed by atoms with van der Waals surface area (Å²) in [5, 5.41) is 0. The maximum absolute atomic E-state index is 6.44. The van der Waals surface area contributed by atoms with Crippen LogP contribution in [-0.2, 0) is 0 Å². The van der Waals surface area contributed by atoms with Gasteiger partial charge in [0.25, 0.3) is 0 Å². The molecular formula is C16H32N2. The second-order valence-corrected chi connectivity index (χ2v) is 8.22. The molecule has 0 aromatic heterocycles. The van der Waals surface area contributed by atoms with Crippen LogP contribution in [0.1, 0.15) is 66.7 Å². The molecule has 2 aliphatic rings. The first-order valence-corrected chi connectivity index (χ1v) is 7.74. The monoisotopic (exact) mass is 252 g/mol. The number of hydrogen-bond acceptors (Lipinski definition) is 2. The SMILES string of the molecule is CC(C)(C)C1CCC(N)C(N2CCCC2(C)C)C1. The molecule has 0 aromatic carbocycles. The van der Waals surface area contributed by atoms with E-state index in [0.29, 0.717) is 23.0 Å². The van der Waals surface area contributed by atoms with Gasteiger partial charge in [0.15, 0.2) is 0 Å². The molecule has 2 nitrogen and oxygen atoms in total. The lowest BCUT2D eigenvalue weighted by molar-refractivity contribution is 0.0338. The number of nitrogens with two attached hydrogens (primary N) is 1. The first-order chi connectivity index (χ1) is 8.22. The van der Waals surface area contributed by atoms with Gasteiger partial charge in [-0.15, -0.1) is 0 Å². The number of likely N-dealkylation sites (tertiary alicyclic amines) is 1. The number of hydrogen-bond donors (Lipinski definition) is 1. The molecule has 1 aliphatic carbocycles. The largest absolute Gasteiger partial charge is 0.326 e. The molecule has 106 valence electrons. The van der Waals surface area contributed by atoms with E-state index in [1.165, 1.54) is 38.6 Å². The highest BCUT2D eigenvalue weighted by molar-refractivity contribution is 4.99. The molecule has 2 heteroatoms. The second-order valence-electron chi connectivity index (χ2n) is 8.22. The van der Waals surface area contributed by atoms with E-state index >= 15 is 0 Å². The van der Waals surface area contributed by atoms with Gasteiger partial charge in [-0.1, -0.05) is 20.8 Å². The molecule has 0 radical (unpaired) electrons. The minimum Gasteiger partial charge on any atom is -0.326 e. The molecule has 1 aliphatic heterocycles. The van der Waals surface area contributed by atoms with Crippen molar-refractivity contribution in [2.24, 2.45) is 17.1 Å². The van der Waals surface area contributed by atoms with Gasteiger partial charge in [-0.2, -0.15) is 0 Å². The molecule has 3 atom stereocenters. The molecule has 1 heterocycles. The molecular weight excluding hydrogens is 220 g/mol. The van der Waals surface area contributed by atoms with Gasteiger partial charge in [0.05, 0.1) is 0 Å². The van der Waals surface area contributed by atoms with Crippen molar-refractivity contribution in [3.8, 4) is 0 Å². The van der Waals surface area contributed by atoms with Crippen molar-refractivity contribution in [1.29, 1.82) is 0 Å². The van der Waals surface area contributed by atoms with E-state index in [1.807, 2.05) is 0 Å². The minimum atomic E-state index is 0.363. The summed E-state index contributed by atoms with van der Waals surface area (Å²) in [7, 11) is 0. The summed E-state index contributed by atoms with van der Waals surface area (Å²) in [6.45, 7) is 13.2. The zero-order valence-corrected chi connectivity index (χ0v) is 13.0. The van der Waals surface area contributed by atoms with Crippen molar-refractivity contribution >= 4 is 0 Å². The first-order valence-electron chi connectivity index (χ1n) is 7.74. The van der Waals surface area contributed by atoms with E-state index in [0.717, 1.165) is 5.92 Å². The van der Waals surface area contributed by atoms with Crippen molar-refractivity contribution in [2.45, 2.75) is 84.3 Å². The Morgan fingerprint density at radius 3 is 2.33 bits per heavy atom. The topological polar surface area (TPSA) is 29.3 Å². The van der Waals surface area contributed by atoms with Crippen LogP contribution in [0.5, 0.6) is 0 Å². The molecule has 0 amide bonds. The van der Waals surface area contributed by atoms with Crippen molar-refractivity contribution in [3.05, 3.63) is 0 Å². The van der Waals surface area contributed by atoms with Crippen LogP contribution in [0.2, 0.25) is 0 Å². The smallest absolute Gasteiger partial charge is 0.0255 e. The van der Waals surface area contributed by atoms with Crippen molar-refractivity contribution in [1.82, 2.24) is 4.90 Å². The molecule has 2 rings (SSSR count). The highest BCUT2D eigenvalue weighted by Gasteiger charge is 2.43. The highest BCUT2D eigenvalue weighted by Crippen LogP contribution is 2.42. The normalized spacial score (nSPS) is 38.0. The van der Waals surface area contributed by atoms with E-state index in [4.69, 9.17) is 5.73 Å². The van der Waals surface area contributed by atoms with Crippen LogP contribution >= 0.6 is 0 Å². The van der Waals surface area contributed by atoms with Crippen LogP contribution in [-0.4, -0.2) is 29.1 Å². The third-order valence-electron chi connectivity index (χ3n) is 5.46. The zero-order valence-electron chi connectivity index (χ0n) is 13.0. The van der Waals surface area contributed by atoms with Gasteiger partial charge >= 0.3 is 0 Å². The van der Waals surface area contributed by atoms with Gasteiger partial charge in [-0.3, -0.25) is 4.90 Å². The summed E-state index contributed by atoms with van der Waals surface area (Å²) in [6.07, 6.45) is 6.50. The maximum Gasteiger partial charge on any atom is 0.0255 e. The van der Waals surface area contributed by atoms with Crippen LogP contribution in [0, 0.1) is 11.3 Å². The number of nitrogens with zero attached hydrogens (tertiary/aromatic N) is 1. The Bertz CT molecular complexity index is 290. The molecule has 0 spiro atoms. The van der Waals surface area contributed by atoms with E-state index in [1.54, 1.807) is 0 Å². The lowest BCUT2D eigenvalue weighted by Gasteiger charge is -2.48. The van der Waals surface area contributed by atoms with Crippen LogP contribution in [0.3, 0.4) is 0 Å². The fraction of sp³-hybridized carbons (Fsp3) is 1.00. The van der Waals surface area contributed by atoms with Crippen LogP contribution < -0.4 is 5.73 Å². The van der Waals surface area contributed by atoms with E-state index in [-0.39, 0.29) is 0 Å². The molecule has 1 saturated heterocycles. The fourth-order valence-corrected chi connectivity index (χ4v) is 4.06. The summed E-state index contributed by atoms with van der Waals surface area (Å²) in [5.41, 5.74) is 7.24. The molecule has 2 fully saturated rings. The maximum atomic E-state index is 6.44. The van der Waals surface area contributed by atoms with Gasteiger partial charge in [-0.05, 0) is 63.8 Å². The number of rotatable bonds is 1. The van der Waals surface area contributed by atoms with Crippen molar-refractivity contribution in [2.75, 3.05) is 6.54 Å². The third-order valence-corrected chi connectivity index (χ3v) is 5.46. The average molecular weight is 252 g/mol. The molecule has 18 heavy (non-hydrogen) atoms. The standard InChI is InChI=1S/C16H32N2/c1-15(2,3)12-7-8-13(17)14(11-12)18-10-6-9-16(18,4)5/h12-14H,6-11,17H2,1-5H3. The van der Waals surface area contributed by atoms with Crippen LogP contribution in [0.4, 0.5) is 0 Å². The Balaban J connectivity index is 2.11. The Morgan fingerprint density at radius 1 is 1.17 bits per heavy atom. The van der Waals surface area contributed by atoms with Crippen molar-refractivity contribution in [3.63, 3.8) is 0 Å². The first kappa shape index (κ1) is 14.3. The minimum absolute atomic E-state index is 0.363. The average Bonchev–Trinajstić information content (AvgIpc) is 2.57. The van der Waals surface area contributed by atoms with Crippen molar-refractivity contribution < 1.29 is 0 Å². The fourth-order valence-electron chi connectivity index (χ4n) is 4.06. The van der Waals surface area contributed by atoms with Gasteiger partial charge < -0.3 is 5.73 Å². The lowest BCUT2D eigenvalue weighted by Crippen LogP contribution is -2.56. The molecule has 0 bridgehead atoms. The van der Waals surface area contributed by atoms with Gasteiger partial charge in [-0.25, -0.2) is 0 Å². The molecule has 1 saturated carbocycles. The Morgan fingerprint density at radius 2 is 1.83 bits per heavy atom. The van der Waals surface area contributed by atoms with E-state index < -0.39 is 0 Å². The summed E-state index contributed by atoms with van der Waals surface area (Å²) in [6, 6.07) is 1.00. The van der Waals surface area contributed by atoms with Gasteiger partial charge in [0, 0.05) is 17.6 Å². The third kappa shape index (κ3) is 2.75. The predicted octanol–water partition coefficient (Wildman–Crippen LogP) is 3.40.